The smallest absolute Gasteiger partial charge is 0.369 e. The lowest BCUT2D eigenvalue weighted by molar-refractivity contribution is 0.283. The Morgan fingerprint density at radius 3 is 2.72 bits per heavy atom. The van der Waals surface area contributed by atoms with Gasteiger partial charge in [-0.1, -0.05) is 18.2 Å². The average Bonchev–Trinajstić information content (AvgIpc) is 2.94. The van der Waals surface area contributed by atoms with Gasteiger partial charge in [0.2, 0.25) is 0 Å². The van der Waals surface area contributed by atoms with Crippen LogP contribution in [-0.4, -0.2) is 31.4 Å². The van der Waals surface area contributed by atoms with Crippen molar-refractivity contribution in [3.8, 4) is 17.3 Å². The number of ether oxygens (including phenoxy) is 2. The SMILES string of the molecule is [3H]c1ccc(OCc2c(OCC)ccnc2-n2nnn(C)c2=O)c(C)c1. The molecule has 0 unspecified atom stereocenters. The quantitative estimate of drug-likeness (QED) is 0.677. The summed E-state index contributed by atoms with van der Waals surface area (Å²) in [6.45, 7) is 4.32. The minimum Gasteiger partial charge on any atom is -0.493 e. The van der Waals surface area contributed by atoms with Crippen LogP contribution in [0.15, 0.2) is 41.3 Å². The van der Waals surface area contributed by atoms with E-state index in [1.165, 1.54) is 7.05 Å². The number of tetrazole rings is 1. The highest BCUT2D eigenvalue weighted by atomic mass is 16.5. The van der Waals surface area contributed by atoms with Gasteiger partial charge in [0.1, 0.15) is 18.1 Å². The van der Waals surface area contributed by atoms with Crippen LogP contribution in [0.3, 0.4) is 0 Å². The van der Waals surface area contributed by atoms with Crippen LogP contribution < -0.4 is 15.2 Å². The van der Waals surface area contributed by atoms with Gasteiger partial charge in [0.15, 0.2) is 5.82 Å². The van der Waals surface area contributed by atoms with Gasteiger partial charge in [-0.2, -0.15) is 4.68 Å². The molecule has 0 aliphatic heterocycles. The zero-order valence-corrected chi connectivity index (χ0v) is 14.3. The lowest BCUT2D eigenvalue weighted by Crippen LogP contribution is -2.24. The molecular weight excluding hydrogens is 322 g/mol. The van der Waals surface area contributed by atoms with Crippen LogP contribution in [-0.2, 0) is 13.7 Å². The second-order valence-electron chi connectivity index (χ2n) is 5.32. The highest BCUT2D eigenvalue weighted by Crippen LogP contribution is 2.25. The first-order valence-electron chi connectivity index (χ1n) is 8.31. The largest absolute Gasteiger partial charge is 0.493 e. The number of pyridine rings is 1. The molecule has 2 heterocycles. The van der Waals surface area contributed by atoms with E-state index in [-0.39, 0.29) is 6.61 Å². The maximum Gasteiger partial charge on any atom is 0.369 e. The number of hydrogen-bond donors (Lipinski definition) is 0. The van der Waals surface area contributed by atoms with Crippen LogP contribution in [0, 0.1) is 6.92 Å². The molecule has 3 rings (SSSR count). The number of hydrogen-bond acceptors (Lipinski definition) is 6. The molecule has 3 aromatic rings. The molecule has 0 amide bonds. The third kappa shape index (κ3) is 3.37. The van der Waals surface area contributed by atoms with Crippen LogP contribution in [0.5, 0.6) is 11.5 Å². The molecule has 8 heteroatoms. The van der Waals surface area contributed by atoms with Gasteiger partial charge in [-0.05, 0) is 42.0 Å². The molecule has 0 aliphatic rings. The van der Waals surface area contributed by atoms with Gasteiger partial charge in [0.25, 0.3) is 0 Å². The molecule has 130 valence electrons. The van der Waals surface area contributed by atoms with Crippen LogP contribution in [0.2, 0.25) is 0 Å². The normalized spacial score (nSPS) is 11.2. The first-order valence-corrected chi connectivity index (χ1v) is 7.81. The molecule has 8 nitrogen and oxygen atoms in total. The molecule has 0 fully saturated rings. The van der Waals surface area contributed by atoms with Crippen molar-refractivity contribution < 1.29 is 10.8 Å². The van der Waals surface area contributed by atoms with E-state index < -0.39 is 5.69 Å². The summed E-state index contributed by atoms with van der Waals surface area (Å²) in [5.74, 6) is 1.51. The highest BCUT2D eigenvalue weighted by Gasteiger charge is 2.18. The van der Waals surface area contributed by atoms with Crippen molar-refractivity contribution >= 4 is 0 Å². The average molecular weight is 343 g/mol. The summed E-state index contributed by atoms with van der Waals surface area (Å²) >= 11 is 0. The van der Waals surface area contributed by atoms with Gasteiger partial charge < -0.3 is 9.47 Å². The van der Waals surface area contributed by atoms with Crippen molar-refractivity contribution in [1.82, 2.24) is 24.8 Å². The summed E-state index contributed by atoms with van der Waals surface area (Å²) in [6, 6.07) is 7.24. The molecular formula is C17H19N5O3. The molecule has 0 radical (unpaired) electrons. The summed E-state index contributed by atoms with van der Waals surface area (Å²) in [7, 11) is 1.51. The maximum atomic E-state index is 12.2. The maximum absolute atomic E-state index is 12.2. The minimum atomic E-state index is -0.415. The van der Waals surface area contributed by atoms with Crippen molar-refractivity contribution in [1.29, 1.82) is 0 Å². The molecule has 0 saturated heterocycles. The van der Waals surface area contributed by atoms with Crippen molar-refractivity contribution in [2.24, 2.45) is 7.05 Å². The summed E-state index contributed by atoms with van der Waals surface area (Å²) in [5, 5.41) is 7.58. The molecule has 0 bridgehead atoms. The Balaban J connectivity index is 2.00. The Morgan fingerprint density at radius 1 is 1.20 bits per heavy atom. The Hall–Kier alpha value is -3.16. The van der Waals surface area contributed by atoms with Crippen molar-refractivity contribution in [3.63, 3.8) is 0 Å². The lowest BCUT2D eigenvalue weighted by Gasteiger charge is -2.15. The van der Waals surface area contributed by atoms with Crippen LogP contribution >= 0.6 is 0 Å². The molecule has 25 heavy (non-hydrogen) atoms. The van der Waals surface area contributed by atoms with E-state index in [0.717, 1.165) is 14.9 Å². The monoisotopic (exact) mass is 343 g/mol. The fourth-order valence-corrected chi connectivity index (χ4v) is 2.33. The number of rotatable bonds is 6. The molecule has 0 saturated carbocycles. The Bertz CT molecular complexity index is 983. The highest BCUT2D eigenvalue weighted by molar-refractivity contribution is 5.44. The standard InChI is InChI=1S/C17H19N5O3/c1-4-24-15-9-10-18-16(22-17(23)21(3)19-20-22)13(15)11-25-14-8-6-5-7-12(14)2/h5-10H,4,11H2,1-3H3/i5T. The second kappa shape index (κ2) is 7.16. The van der Waals surface area contributed by atoms with E-state index in [2.05, 4.69) is 15.4 Å². The molecule has 0 spiro atoms. The predicted octanol–water partition coefficient (Wildman–Crippen LogP) is 1.65. The molecule has 0 N–H and O–H groups in total. The predicted molar refractivity (Wildman–Crippen MR) is 91.1 cm³/mol. The topological polar surface area (TPSA) is 84.1 Å². The molecule has 0 aliphatic carbocycles. The summed E-state index contributed by atoms with van der Waals surface area (Å²) in [6.07, 6.45) is 1.55. The molecule has 1 aromatic carbocycles. The first kappa shape index (κ1) is 15.4. The number of aromatic nitrogens is 5. The van der Waals surface area contributed by atoms with Crippen molar-refractivity contribution in [2.45, 2.75) is 20.5 Å². The van der Waals surface area contributed by atoms with E-state index in [9.17, 15) is 4.79 Å². The van der Waals surface area contributed by atoms with Crippen molar-refractivity contribution in [2.75, 3.05) is 6.61 Å². The van der Waals surface area contributed by atoms with E-state index >= 15 is 0 Å². The third-order valence-corrected chi connectivity index (χ3v) is 3.60. The van der Waals surface area contributed by atoms with Gasteiger partial charge in [-0.25, -0.2) is 9.78 Å². The van der Waals surface area contributed by atoms with Gasteiger partial charge in [-0.15, -0.1) is 4.68 Å². The van der Waals surface area contributed by atoms with Crippen LogP contribution in [0.4, 0.5) is 0 Å². The second-order valence-corrected chi connectivity index (χ2v) is 5.32. The van der Waals surface area contributed by atoms with E-state index in [0.29, 0.717) is 35.5 Å². The Morgan fingerprint density at radius 2 is 2.04 bits per heavy atom. The summed E-state index contributed by atoms with van der Waals surface area (Å²) in [4.78, 5) is 16.5. The lowest BCUT2D eigenvalue weighted by atomic mass is 10.2. The van der Waals surface area contributed by atoms with Gasteiger partial charge in [0.05, 0.1) is 13.5 Å². The van der Waals surface area contributed by atoms with Crippen LogP contribution in [0.1, 0.15) is 19.4 Å². The first-order chi connectivity index (χ1) is 12.5. The van der Waals surface area contributed by atoms with Crippen molar-refractivity contribution in [3.05, 3.63) is 58.1 Å². The number of nitrogens with zero attached hydrogens (tertiary/aromatic N) is 5. The zero-order chi connectivity index (χ0) is 18.7. The van der Waals surface area contributed by atoms with Crippen LogP contribution in [0.25, 0.3) is 5.82 Å². The number of para-hydroxylation sites is 1. The van der Waals surface area contributed by atoms with Gasteiger partial charge in [-0.3, -0.25) is 0 Å². The van der Waals surface area contributed by atoms with Gasteiger partial charge >= 0.3 is 5.69 Å². The fourth-order valence-electron chi connectivity index (χ4n) is 2.33. The number of benzene rings is 1. The van der Waals surface area contributed by atoms with Gasteiger partial charge in [0, 0.05) is 13.2 Å². The van der Waals surface area contributed by atoms with E-state index in [4.69, 9.17) is 10.8 Å². The zero-order valence-electron chi connectivity index (χ0n) is 15.3. The number of aryl methyl sites for hydroxylation is 2. The third-order valence-electron chi connectivity index (χ3n) is 3.60. The Labute approximate surface area is 146 Å². The minimum absolute atomic E-state index is 0.125. The van der Waals surface area contributed by atoms with E-state index in [1.807, 2.05) is 13.8 Å². The summed E-state index contributed by atoms with van der Waals surface area (Å²) < 4.78 is 21.4. The molecule has 0 atom stereocenters. The summed E-state index contributed by atoms with van der Waals surface area (Å²) in [5.41, 5.74) is 1.02. The van der Waals surface area contributed by atoms with E-state index in [1.54, 1.807) is 30.5 Å². The molecule has 2 aromatic heterocycles. The Kier molecular flexibility index (Phi) is 4.40. The fraction of sp³-hybridized carbons (Fsp3) is 0.294.